The van der Waals surface area contributed by atoms with Crippen LogP contribution in [0.4, 0.5) is 0 Å². The van der Waals surface area contributed by atoms with Gasteiger partial charge in [0.25, 0.3) is 0 Å². The van der Waals surface area contributed by atoms with E-state index < -0.39 is 0 Å². The van der Waals surface area contributed by atoms with Crippen molar-refractivity contribution in [3.05, 3.63) is 46.5 Å². The van der Waals surface area contributed by atoms with E-state index >= 15 is 0 Å². The minimum Gasteiger partial charge on any atom is -0.493 e. The van der Waals surface area contributed by atoms with Crippen LogP contribution < -0.4 is 18.9 Å². The van der Waals surface area contributed by atoms with Crippen molar-refractivity contribution in [2.24, 2.45) is 5.92 Å². The highest BCUT2D eigenvalue weighted by atomic mass is 35.5. The lowest BCUT2D eigenvalue weighted by Crippen LogP contribution is -2.51. The second-order valence-electron chi connectivity index (χ2n) is 8.06. The number of carbonyl (C=O) groups excluding carboxylic acids is 1. The van der Waals surface area contributed by atoms with Crippen LogP contribution in [0.15, 0.2) is 30.3 Å². The third kappa shape index (κ3) is 4.59. The van der Waals surface area contributed by atoms with Gasteiger partial charge in [-0.1, -0.05) is 17.7 Å². The molecule has 0 aromatic heterocycles. The van der Waals surface area contributed by atoms with Crippen molar-refractivity contribution in [3.8, 4) is 23.0 Å². The Balaban J connectivity index is 1.36. The van der Waals surface area contributed by atoms with Gasteiger partial charge < -0.3 is 23.8 Å². The molecule has 1 atom stereocenters. The largest absolute Gasteiger partial charge is 0.493 e. The molecular weight excluding hydrogens is 432 g/mol. The summed E-state index contributed by atoms with van der Waals surface area (Å²) in [6.07, 6.45) is 0.664. The highest BCUT2D eigenvalue weighted by molar-refractivity contribution is 6.30. The van der Waals surface area contributed by atoms with Crippen LogP contribution in [0, 0.1) is 5.92 Å². The number of rotatable bonds is 6. The van der Waals surface area contributed by atoms with Gasteiger partial charge in [-0.25, -0.2) is 0 Å². The summed E-state index contributed by atoms with van der Waals surface area (Å²) < 4.78 is 22.3. The maximum Gasteiger partial charge on any atom is 0.229 e. The molecular formula is C24H29ClN2O5. The van der Waals surface area contributed by atoms with Crippen molar-refractivity contribution in [1.82, 2.24) is 9.80 Å². The Morgan fingerprint density at radius 2 is 1.78 bits per heavy atom. The quantitative estimate of drug-likeness (QED) is 0.659. The van der Waals surface area contributed by atoms with Crippen molar-refractivity contribution in [3.63, 3.8) is 0 Å². The summed E-state index contributed by atoms with van der Waals surface area (Å²) in [6.45, 7) is 4.08. The summed E-state index contributed by atoms with van der Waals surface area (Å²) in [7, 11) is 4.85. The monoisotopic (exact) mass is 460 g/mol. The Hall–Kier alpha value is -2.64. The van der Waals surface area contributed by atoms with E-state index in [-0.39, 0.29) is 11.8 Å². The molecule has 32 heavy (non-hydrogen) atoms. The van der Waals surface area contributed by atoms with Gasteiger partial charge in [-0.3, -0.25) is 9.69 Å². The molecule has 2 aromatic rings. The number of piperazine rings is 1. The lowest BCUT2D eigenvalue weighted by molar-refractivity contribution is -0.138. The van der Waals surface area contributed by atoms with Gasteiger partial charge in [0, 0.05) is 43.3 Å². The molecule has 0 spiro atoms. The number of methoxy groups -OCH3 is 3. The Labute approximate surface area is 193 Å². The van der Waals surface area contributed by atoms with E-state index in [1.165, 1.54) is 0 Å². The molecule has 2 aliphatic heterocycles. The van der Waals surface area contributed by atoms with Gasteiger partial charge in [-0.2, -0.15) is 0 Å². The summed E-state index contributed by atoms with van der Waals surface area (Å²) in [5, 5.41) is 0.666. The molecule has 0 aliphatic carbocycles. The van der Waals surface area contributed by atoms with Crippen LogP contribution in [-0.2, 0) is 17.8 Å². The van der Waals surface area contributed by atoms with Crippen LogP contribution in [0.1, 0.15) is 11.1 Å². The number of hydrogen-bond acceptors (Lipinski definition) is 6. The predicted molar refractivity (Wildman–Crippen MR) is 122 cm³/mol. The Bertz CT molecular complexity index is 975. The Morgan fingerprint density at radius 3 is 2.47 bits per heavy atom. The van der Waals surface area contributed by atoms with Gasteiger partial charge in [-0.15, -0.1) is 0 Å². The molecule has 0 radical (unpaired) electrons. The number of ether oxygens (including phenoxy) is 4. The highest BCUT2D eigenvalue weighted by Crippen LogP contribution is 2.40. The fourth-order valence-electron chi connectivity index (χ4n) is 4.43. The van der Waals surface area contributed by atoms with E-state index in [9.17, 15) is 4.79 Å². The average molecular weight is 461 g/mol. The van der Waals surface area contributed by atoms with E-state index in [1.807, 2.05) is 35.2 Å². The second-order valence-corrected chi connectivity index (χ2v) is 8.50. The summed E-state index contributed by atoms with van der Waals surface area (Å²) in [5.41, 5.74) is 2.03. The maximum atomic E-state index is 13.1. The topological polar surface area (TPSA) is 60.5 Å². The number of hydrogen-bond donors (Lipinski definition) is 0. The molecule has 1 amide bonds. The molecule has 4 rings (SSSR count). The average Bonchev–Trinajstić information content (AvgIpc) is 2.83. The normalized spacial score (nSPS) is 18.5. The first-order valence-electron chi connectivity index (χ1n) is 10.7. The lowest BCUT2D eigenvalue weighted by atomic mass is 9.95. The van der Waals surface area contributed by atoms with Gasteiger partial charge in [0.15, 0.2) is 11.5 Å². The number of nitrogens with zero attached hydrogens (tertiary/aromatic N) is 2. The van der Waals surface area contributed by atoms with Crippen molar-refractivity contribution < 1.29 is 23.7 Å². The number of fused-ring (bicyclic) bond motifs is 1. The van der Waals surface area contributed by atoms with E-state index in [1.54, 1.807) is 21.3 Å². The van der Waals surface area contributed by atoms with Gasteiger partial charge in [-0.05, 0) is 36.2 Å². The first kappa shape index (κ1) is 22.6. The van der Waals surface area contributed by atoms with Crippen LogP contribution in [0.3, 0.4) is 0 Å². The maximum absolute atomic E-state index is 13.1. The lowest BCUT2D eigenvalue weighted by Gasteiger charge is -2.37. The molecule has 0 saturated carbocycles. The number of amides is 1. The zero-order chi connectivity index (χ0) is 22.7. The summed E-state index contributed by atoms with van der Waals surface area (Å²) in [6, 6.07) is 9.48. The van der Waals surface area contributed by atoms with E-state index in [2.05, 4.69) is 4.90 Å². The fourth-order valence-corrected chi connectivity index (χ4v) is 4.63. The summed E-state index contributed by atoms with van der Waals surface area (Å²) >= 11 is 6.11. The number of carbonyl (C=O) groups is 1. The number of benzene rings is 2. The predicted octanol–water partition coefficient (Wildman–Crippen LogP) is 3.26. The SMILES string of the molecule is COc1ccc(CN2CCN(C(=O)C3COc4ccc(Cl)cc4C3)CC2)c(OC)c1OC. The van der Waals surface area contributed by atoms with Gasteiger partial charge in [0.2, 0.25) is 11.7 Å². The minimum absolute atomic E-state index is 0.152. The van der Waals surface area contributed by atoms with Crippen LogP contribution >= 0.6 is 11.6 Å². The van der Waals surface area contributed by atoms with E-state index in [4.69, 9.17) is 30.5 Å². The van der Waals surface area contributed by atoms with Crippen LogP contribution in [0.2, 0.25) is 5.02 Å². The van der Waals surface area contributed by atoms with Crippen LogP contribution in [-0.4, -0.2) is 69.8 Å². The molecule has 2 heterocycles. The van der Waals surface area contributed by atoms with Gasteiger partial charge >= 0.3 is 0 Å². The standard InChI is InChI=1S/C24H29ClN2O5/c1-29-21-6-4-16(22(30-2)23(21)31-3)14-26-8-10-27(11-9-26)24(28)18-12-17-13-19(25)5-7-20(17)32-15-18/h4-7,13,18H,8-12,14-15H2,1-3H3. The molecule has 1 unspecified atom stereocenters. The summed E-state index contributed by atoms with van der Waals surface area (Å²) in [5.74, 6) is 2.73. The highest BCUT2D eigenvalue weighted by Gasteiger charge is 2.31. The van der Waals surface area contributed by atoms with E-state index in [0.717, 1.165) is 30.0 Å². The smallest absolute Gasteiger partial charge is 0.229 e. The van der Waals surface area contributed by atoms with Crippen LogP contribution in [0.5, 0.6) is 23.0 Å². The zero-order valence-electron chi connectivity index (χ0n) is 18.7. The van der Waals surface area contributed by atoms with Crippen molar-refractivity contribution in [2.75, 3.05) is 54.1 Å². The third-order valence-corrected chi connectivity index (χ3v) is 6.38. The Morgan fingerprint density at radius 1 is 1.03 bits per heavy atom. The summed E-state index contributed by atoms with van der Waals surface area (Å²) in [4.78, 5) is 17.4. The first-order chi connectivity index (χ1) is 15.5. The van der Waals surface area contributed by atoms with Crippen molar-refractivity contribution in [2.45, 2.75) is 13.0 Å². The fraction of sp³-hybridized carbons (Fsp3) is 0.458. The molecule has 0 N–H and O–H groups in total. The second kappa shape index (κ2) is 9.88. The molecule has 2 aromatic carbocycles. The molecule has 8 heteroatoms. The van der Waals surface area contributed by atoms with E-state index in [0.29, 0.717) is 54.9 Å². The molecule has 1 fully saturated rings. The molecule has 1 saturated heterocycles. The van der Waals surface area contributed by atoms with Gasteiger partial charge in [0.05, 0.1) is 27.2 Å². The van der Waals surface area contributed by atoms with Crippen molar-refractivity contribution in [1.29, 1.82) is 0 Å². The number of halogens is 1. The third-order valence-electron chi connectivity index (χ3n) is 6.14. The molecule has 7 nitrogen and oxygen atoms in total. The molecule has 0 bridgehead atoms. The van der Waals surface area contributed by atoms with Crippen molar-refractivity contribution >= 4 is 17.5 Å². The Kier molecular flexibility index (Phi) is 6.96. The van der Waals surface area contributed by atoms with Gasteiger partial charge in [0.1, 0.15) is 12.4 Å². The minimum atomic E-state index is -0.168. The van der Waals surface area contributed by atoms with Crippen LogP contribution in [0.25, 0.3) is 0 Å². The molecule has 172 valence electrons. The molecule has 2 aliphatic rings. The zero-order valence-corrected chi connectivity index (χ0v) is 19.5. The first-order valence-corrected chi connectivity index (χ1v) is 11.1.